The Labute approximate surface area is 75.2 Å². The lowest BCUT2D eigenvalue weighted by Gasteiger charge is -2.25. The van der Waals surface area contributed by atoms with Crippen LogP contribution in [-0.2, 0) is 0 Å². The highest BCUT2D eigenvalue weighted by Crippen LogP contribution is 2.28. The molecule has 2 atom stereocenters. The zero-order valence-electron chi connectivity index (χ0n) is 8.08. The first-order chi connectivity index (χ1) is 5.81. The van der Waals surface area contributed by atoms with Gasteiger partial charge >= 0.3 is 0 Å². The third kappa shape index (κ3) is 1.98. The Balaban J connectivity index is 2.40. The van der Waals surface area contributed by atoms with Gasteiger partial charge in [-0.15, -0.1) is 0 Å². The van der Waals surface area contributed by atoms with Gasteiger partial charge < -0.3 is 4.90 Å². The summed E-state index contributed by atoms with van der Waals surface area (Å²) in [6.07, 6.45) is 3.43. The molecule has 0 radical (unpaired) electrons. The second-order valence-corrected chi connectivity index (χ2v) is 3.51. The predicted molar refractivity (Wildman–Crippen MR) is 49.7 cm³/mol. The van der Waals surface area contributed by atoms with Gasteiger partial charge in [-0.2, -0.15) is 5.26 Å². The molecule has 1 aliphatic carbocycles. The number of nitrogens with zero attached hydrogens (tertiary/aromatic N) is 2. The van der Waals surface area contributed by atoms with Gasteiger partial charge in [0, 0.05) is 12.0 Å². The molecule has 0 amide bonds. The Morgan fingerprint density at radius 1 is 1.33 bits per heavy atom. The van der Waals surface area contributed by atoms with Crippen molar-refractivity contribution in [2.75, 3.05) is 13.1 Å². The van der Waals surface area contributed by atoms with Crippen LogP contribution in [-0.4, -0.2) is 24.0 Å². The van der Waals surface area contributed by atoms with E-state index in [-0.39, 0.29) is 0 Å². The minimum absolute atomic E-state index is 0.329. The summed E-state index contributed by atoms with van der Waals surface area (Å²) in [5.41, 5.74) is 0. The molecule has 1 aliphatic rings. The molecule has 0 heterocycles. The standard InChI is InChI=1S/C10H18N2/c1-3-12(4-2)10-6-5-9(7-10)8-11/h9-10H,3-7H2,1-2H3. The third-order valence-electron chi connectivity index (χ3n) is 2.92. The molecule has 0 spiro atoms. The third-order valence-corrected chi connectivity index (χ3v) is 2.92. The van der Waals surface area contributed by atoms with Crippen molar-refractivity contribution in [3.8, 4) is 6.07 Å². The maximum atomic E-state index is 8.74. The molecule has 0 saturated heterocycles. The Hall–Kier alpha value is -0.550. The zero-order chi connectivity index (χ0) is 8.97. The summed E-state index contributed by atoms with van der Waals surface area (Å²) >= 11 is 0. The van der Waals surface area contributed by atoms with Gasteiger partial charge in [-0.25, -0.2) is 0 Å². The molecule has 0 aromatic rings. The van der Waals surface area contributed by atoms with E-state index in [1.54, 1.807) is 0 Å². The second-order valence-electron chi connectivity index (χ2n) is 3.51. The first kappa shape index (κ1) is 9.54. The first-order valence-corrected chi connectivity index (χ1v) is 4.95. The van der Waals surface area contributed by atoms with E-state index in [0.717, 1.165) is 25.9 Å². The molecule has 0 N–H and O–H groups in total. The van der Waals surface area contributed by atoms with Gasteiger partial charge in [-0.1, -0.05) is 13.8 Å². The van der Waals surface area contributed by atoms with Gasteiger partial charge in [0.2, 0.25) is 0 Å². The highest BCUT2D eigenvalue weighted by molar-refractivity contribution is 4.93. The Morgan fingerprint density at radius 2 is 2.00 bits per heavy atom. The monoisotopic (exact) mass is 166 g/mol. The number of nitriles is 1. The fourth-order valence-corrected chi connectivity index (χ4v) is 2.15. The van der Waals surface area contributed by atoms with Crippen LogP contribution >= 0.6 is 0 Å². The fraction of sp³-hybridized carbons (Fsp3) is 0.900. The van der Waals surface area contributed by atoms with Crippen LogP contribution < -0.4 is 0 Å². The van der Waals surface area contributed by atoms with Crippen LogP contribution in [0.4, 0.5) is 0 Å². The lowest BCUT2D eigenvalue weighted by Crippen LogP contribution is -2.32. The number of hydrogen-bond acceptors (Lipinski definition) is 2. The number of rotatable bonds is 3. The molecule has 12 heavy (non-hydrogen) atoms. The van der Waals surface area contributed by atoms with Crippen LogP contribution in [0.2, 0.25) is 0 Å². The van der Waals surface area contributed by atoms with Crippen LogP contribution in [0.5, 0.6) is 0 Å². The summed E-state index contributed by atoms with van der Waals surface area (Å²) in [5.74, 6) is 0.329. The van der Waals surface area contributed by atoms with Crippen LogP contribution in [0.1, 0.15) is 33.1 Å². The van der Waals surface area contributed by atoms with E-state index in [0.29, 0.717) is 12.0 Å². The normalized spacial score (nSPS) is 29.2. The largest absolute Gasteiger partial charge is 0.301 e. The minimum Gasteiger partial charge on any atom is -0.301 e. The van der Waals surface area contributed by atoms with Gasteiger partial charge in [0.15, 0.2) is 0 Å². The molecule has 1 rings (SSSR count). The highest BCUT2D eigenvalue weighted by Gasteiger charge is 2.27. The van der Waals surface area contributed by atoms with E-state index in [1.807, 2.05) is 0 Å². The summed E-state index contributed by atoms with van der Waals surface area (Å²) in [6, 6.07) is 3.06. The first-order valence-electron chi connectivity index (χ1n) is 4.95. The molecular weight excluding hydrogens is 148 g/mol. The van der Waals surface area contributed by atoms with E-state index >= 15 is 0 Å². The molecule has 0 aromatic carbocycles. The molecule has 1 fully saturated rings. The van der Waals surface area contributed by atoms with Gasteiger partial charge in [0.25, 0.3) is 0 Å². The maximum Gasteiger partial charge on any atom is 0.0656 e. The lowest BCUT2D eigenvalue weighted by atomic mass is 10.1. The molecule has 0 aromatic heterocycles. The van der Waals surface area contributed by atoms with Crippen molar-refractivity contribution in [1.82, 2.24) is 4.90 Å². The van der Waals surface area contributed by atoms with Crippen LogP contribution in [0.3, 0.4) is 0 Å². The Kier molecular flexibility index (Phi) is 3.55. The molecule has 68 valence electrons. The predicted octanol–water partition coefficient (Wildman–Crippen LogP) is 2.02. The summed E-state index contributed by atoms with van der Waals surface area (Å²) < 4.78 is 0. The maximum absolute atomic E-state index is 8.74. The molecule has 2 unspecified atom stereocenters. The highest BCUT2D eigenvalue weighted by atomic mass is 15.1. The fourth-order valence-electron chi connectivity index (χ4n) is 2.15. The van der Waals surface area contributed by atoms with E-state index in [9.17, 15) is 0 Å². The molecule has 0 aliphatic heterocycles. The van der Waals surface area contributed by atoms with Crippen molar-refractivity contribution >= 4 is 0 Å². The quantitative estimate of drug-likeness (QED) is 0.641. The summed E-state index contributed by atoms with van der Waals surface area (Å²) in [7, 11) is 0. The molecular formula is C10H18N2. The van der Waals surface area contributed by atoms with Crippen molar-refractivity contribution < 1.29 is 0 Å². The molecule has 2 heteroatoms. The van der Waals surface area contributed by atoms with Crippen molar-refractivity contribution in [2.24, 2.45) is 5.92 Å². The lowest BCUT2D eigenvalue weighted by molar-refractivity contribution is 0.218. The Bertz CT molecular complexity index is 167. The van der Waals surface area contributed by atoms with Gasteiger partial charge in [-0.05, 0) is 32.4 Å². The summed E-state index contributed by atoms with van der Waals surface area (Å²) in [4.78, 5) is 2.47. The van der Waals surface area contributed by atoms with Gasteiger partial charge in [0.05, 0.1) is 6.07 Å². The molecule has 2 nitrogen and oxygen atoms in total. The van der Waals surface area contributed by atoms with E-state index in [4.69, 9.17) is 5.26 Å². The Morgan fingerprint density at radius 3 is 2.42 bits per heavy atom. The summed E-state index contributed by atoms with van der Waals surface area (Å²) in [6.45, 7) is 6.64. The van der Waals surface area contributed by atoms with E-state index in [1.165, 1.54) is 6.42 Å². The van der Waals surface area contributed by atoms with Crippen LogP contribution in [0, 0.1) is 17.2 Å². The smallest absolute Gasteiger partial charge is 0.0656 e. The SMILES string of the molecule is CCN(CC)C1CCC(C#N)C1. The van der Waals surface area contributed by atoms with E-state index in [2.05, 4.69) is 24.8 Å². The minimum atomic E-state index is 0.329. The average Bonchev–Trinajstić information content (AvgIpc) is 2.55. The second kappa shape index (κ2) is 4.47. The van der Waals surface area contributed by atoms with Crippen LogP contribution in [0.15, 0.2) is 0 Å². The molecule has 0 bridgehead atoms. The zero-order valence-corrected chi connectivity index (χ0v) is 8.08. The van der Waals surface area contributed by atoms with Crippen LogP contribution in [0.25, 0.3) is 0 Å². The van der Waals surface area contributed by atoms with Gasteiger partial charge in [0.1, 0.15) is 0 Å². The van der Waals surface area contributed by atoms with Gasteiger partial charge in [-0.3, -0.25) is 0 Å². The molecule has 1 saturated carbocycles. The van der Waals surface area contributed by atoms with Crippen molar-refractivity contribution in [2.45, 2.75) is 39.2 Å². The van der Waals surface area contributed by atoms with E-state index < -0.39 is 0 Å². The average molecular weight is 166 g/mol. The summed E-state index contributed by atoms with van der Waals surface area (Å²) in [5, 5.41) is 8.74. The topological polar surface area (TPSA) is 27.0 Å². The van der Waals surface area contributed by atoms with Crippen molar-refractivity contribution in [3.05, 3.63) is 0 Å². The van der Waals surface area contributed by atoms with Crippen molar-refractivity contribution in [1.29, 1.82) is 5.26 Å². The van der Waals surface area contributed by atoms with Crippen molar-refractivity contribution in [3.63, 3.8) is 0 Å². The number of hydrogen-bond donors (Lipinski definition) is 0.